The first-order valence-corrected chi connectivity index (χ1v) is 6.66. The first kappa shape index (κ1) is 15.3. The molecule has 1 atom stereocenters. The van der Waals surface area contributed by atoms with Crippen molar-refractivity contribution >= 4 is 0 Å². The van der Waals surface area contributed by atoms with Crippen LogP contribution in [0.2, 0.25) is 0 Å². The van der Waals surface area contributed by atoms with Gasteiger partial charge in [-0.15, -0.1) is 0 Å². The molecule has 2 heterocycles. The molecule has 1 aromatic rings. The molecule has 1 aliphatic rings. The molecule has 0 saturated carbocycles. The summed E-state index contributed by atoms with van der Waals surface area (Å²) in [6.45, 7) is 4.85. The van der Waals surface area contributed by atoms with Crippen molar-refractivity contribution in [1.82, 2.24) is 10.1 Å². The van der Waals surface area contributed by atoms with E-state index in [-0.39, 0.29) is 19.4 Å². The molecule has 0 spiro atoms. The molecule has 20 heavy (non-hydrogen) atoms. The van der Waals surface area contributed by atoms with Crippen molar-refractivity contribution in [3.8, 4) is 0 Å². The van der Waals surface area contributed by atoms with E-state index in [0.717, 1.165) is 11.3 Å². The second-order valence-electron chi connectivity index (χ2n) is 5.46. The van der Waals surface area contributed by atoms with Gasteiger partial charge in [0, 0.05) is 18.7 Å². The normalized spacial score (nSPS) is 25.7. The average molecular weight is 292 g/mol. The number of aliphatic hydroxyl groups is 1. The largest absolute Gasteiger partial charge is 0.417 e. The third kappa shape index (κ3) is 2.98. The van der Waals surface area contributed by atoms with Gasteiger partial charge in [0.05, 0.1) is 5.69 Å². The molecule has 0 amide bonds. The van der Waals surface area contributed by atoms with Gasteiger partial charge in [0.2, 0.25) is 0 Å². The Bertz CT molecular complexity index is 453. The van der Waals surface area contributed by atoms with Crippen LogP contribution in [0.3, 0.4) is 0 Å². The minimum Gasteiger partial charge on any atom is -0.380 e. The lowest BCUT2D eigenvalue weighted by Gasteiger charge is -2.29. The molecule has 2 rings (SSSR count). The van der Waals surface area contributed by atoms with Crippen molar-refractivity contribution in [2.24, 2.45) is 0 Å². The van der Waals surface area contributed by atoms with Crippen molar-refractivity contribution in [1.29, 1.82) is 0 Å². The van der Waals surface area contributed by atoms with Gasteiger partial charge in [0.25, 0.3) is 0 Å². The first-order valence-electron chi connectivity index (χ1n) is 6.66. The second kappa shape index (κ2) is 5.37. The number of hydrogen-bond acceptors (Lipinski definition) is 4. The molecule has 1 fully saturated rings. The third-order valence-electron chi connectivity index (χ3n) is 4.00. The number of halogens is 3. The van der Waals surface area contributed by atoms with Gasteiger partial charge < -0.3 is 9.63 Å². The molecule has 0 aliphatic carbocycles. The van der Waals surface area contributed by atoms with Crippen LogP contribution in [0.25, 0.3) is 0 Å². The lowest BCUT2D eigenvalue weighted by Crippen LogP contribution is -2.45. The molecule has 0 radical (unpaired) electrons. The van der Waals surface area contributed by atoms with E-state index >= 15 is 0 Å². The van der Waals surface area contributed by atoms with Crippen LogP contribution in [-0.4, -0.2) is 40.0 Å². The van der Waals surface area contributed by atoms with E-state index in [1.807, 2.05) is 11.8 Å². The maximum Gasteiger partial charge on any atom is 0.417 e. The average Bonchev–Trinajstić information content (AvgIpc) is 2.56. The fraction of sp³-hybridized carbons (Fsp3) is 0.769. The van der Waals surface area contributed by atoms with Gasteiger partial charge in [0.1, 0.15) is 5.76 Å². The van der Waals surface area contributed by atoms with E-state index in [1.54, 1.807) is 6.92 Å². The highest BCUT2D eigenvalue weighted by atomic mass is 19.4. The van der Waals surface area contributed by atoms with Crippen LogP contribution in [0, 0.1) is 13.8 Å². The van der Waals surface area contributed by atoms with Crippen molar-refractivity contribution in [3.63, 3.8) is 0 Å². The molecule has 1 saturated heterocycles. The molecule has 0 aromatic carbocycles. The molecule has 1 unspecified atom stereocenters. The molecule has 1 aromatic heterocycles. The number of likely N-dealkylation sites (tertiary alicyclic amines) is 1. The Hall–Kier alpha value is -1.08. The van der Waals surface area contributed by atoms with E-state index in [1.165, 1.54) is 0 Å². The highest BCUT2D eigenvalue weighted by Crippen LogP contribution is 2.38. The van der Waals surface area contributed by atoms with Gasteiger partial charge in [-0.3, -0.25) is 4.90 Å². The summed E-state index contributed by atoms with van der Waals surface area (Å²) in [7, 11) is 0. The summed E-state index contributed by atoms with van der Waals surface area (Å²) < 4.78 is 43.6. The minimum absolute atomic E-state index is 0.208. The Morgan fingerprint density at radius 2 is 2.00 bits per heavy atom. The van der Waals surface area contributed by atoms with E-state index < -0.39 is 11.8 Å². The van der Waals surface area contributed by atoms with E-state index in [4.69, 9.17) is 4.52 Å². The van der Waals surface area contributed by atoms with Crippen molar-refractivity contribution in [3.05, 3.63) is 17.0 Å². The Balaban J connectivity index is 2.04. The Labute approximate surface area is 115 Å². The van der Waals surface area contributed by atoms with Gasteiger partial charge in [-0.05, 0) is 39.7 Å². The number of aromatic nitrogens is 1. The van der Waals surface area contributed by atoms with Gasteiger partial charge in [0.15, 0.2) is 5.60 Å². The third-order valence-corrected chi connectivity index (χ3v) is 4.00. The highest BCUT2D eigenvalue weighted by Gasteiger charge is 2.53. The lowest BCUT2D eigenvalue weighted by atomic mass is 9.94. The highest BCUT2D eigenvalue weighted by molar-refractivity contribution is 5.20. The van der Waals surface area contributed by atoms with Gasteiger partial charge in [-0.2, -0.15) is 13.2 Å². The molecule has 4 nitrogen and oxygen atoms in total. The summed E-state index contributed by atoms with van der Waals surface area (Å²) in [4.78, 5) is 1.91. The lowest BCUT2D eigenvalue weighted by molar-refractivity contribution is -0.263. The van der Waals surface area contributed by atoms with Crippen LogP contribution in [0.4, 0.5) is 13.2 Å². The fourth-order valence-electron chi connectivity index (χ4n) is 2.57. The molecule has 1 aliphatic heterocycles. The first-order chi connectivity index (χ1) is 9.23. The molecule has 114 valence electrons. The van der Waals surface area contributed by atoms with Crippen LogP contribution in [0.5, 0.6) is 0 Å². The number of alkyl halides is 3. The maximum atomic E-state index is 12.8. The summed E-state index contributed by atoms with van der Waals surface area (Å²) in [5, 5.41) is 13.6. The quantitative estimate of drug-likeness (QED) is 0.910. The number of rotatable bonds is 2. The second-order valence-corrected chi connectivity index (χ2v) is 5.46. The minimum atomic E-state index is -4.56. The zero-order valence-electron chi connectivity index (χ0n) is 11.6. The predicted molar refractivity (Wildman–Crippen MR) is 66.1 cm³/mol. The molecular weight excluding hydrogens is 273 g/mol. The zero-order valence-corrected chi connectivity index (χ0v) is 11.6. The SMILES string of the molecule is Cc1noc(C)c1CN1CCCC(O)(C(F)(F)F)CC1. The van der Waals surface area contributed by atoms with E-state index in [2.05, 4.69) is 5.16 Å². The van der Waals surface area contributed by atoms with Gasteiger partial charge in [-0.1, -0.05) is 5.16 Å². The van der Waals surface area contributed by atoms with Crippen molar-refractivity contribution in [2.45, 2.75) is 51.4 Å². The van der Waals surface area contributed by atoms with Crippen molar-refractivity contribution in [2.75, 3.05) is 13.1 Å². The standard InChI is InChI=1S/C13H19F3N2O2/c1-9-11(10(2)20-17-9)8-18-6-3-4-12(19,5-7-18)13(14,15)16/h19H,3-8H2,1-2H3. The van der Waals surface area contributed by atoms with Crippen LogP contribution in [0.15, 0.2) is 4.52 Å². The van der Waals surface area contributed by atoms with Crippen LogP contribution in [-0.2, 0) is 6.54 Å². The zero-order chi connectivity index (χ0) is 15.0. The number of aryl methyl sites for hydroxylation is 2. The molecule has 7 heteroatoms. The number of hydrogen-bond donors (Lipinski definition) is 1. The van der Waals surface area contributed by atoms with Crippen molar-refractivity contribution < 1.29 is 22.8 Å². The summed E-state index contributed by atoms with van der Waals surface area (Å²) >= 11 is 0. The van der Waals surface area contributed by atoms with Crippen LogP contribution < -0.4 is 0 Å². The van der Waals surface area contributed by atoms with Crippen LogP contribution >= 0.6 is 0 Å². The molecule has 1 N–H and O–H groups in total. The van der Waals surface area contributed by atoms with E-state index in [9.17, 15) is 18.3 Å². The topological polar surface area (TPSA) is 49.5 Å². The molecule has 0 bridgehead atoms. The fourth-order valence-corrected chi connectivity index (χ4v) is 2.57. The maximum absolute atomic E-state index is 12.8. The van der Waals surface area contributed by atoms with Crippen LogP contribution in [0.1, 0.15) is 36.3 Å². The Kier molecular flexibility index (Phi) is 4.11. The number of nitrogens with zero attached hydrogens (tertiary/aromatic N) is 2. The summed E-state index contributed by atoms with van der Waals surface area (Å²) in [5.74, 6) is 0.692. The molecular formula is C13H19F3N2O2. The smallest absolute Gasteiger partial charge is 0.380 e. The summed E-state index contributed by atoms with van der Waals surface area (Å²) in [6.07, 6.45) is -4.78. The summed E-state index contributed by atoms with van der Waals surface area (Å²) in [6, 6.07) is 0. The van der Waals surface area contributed by atoms with Gasteiger partial charge in [-0.25, -0.2) is 0 Å². The van der Waals surface area contributed by atoms with E-state index in [0.29, 0.717) is 25.3 Å². The summed E-state index contributed by atoms with van der Waals surface area (Å²) in [5.41, 5.74) is -0.874. The van der Waals surface area contributed by atoms with Gasteiger partial charge >= 0.3 is 6.18 Å². The Morgan fingerprint density at radius 3 is 2.55 bits per heavy atom. The Morgan fingerprint density at radius 1 is 1.30 bits per heavy atom. The predicted octanol–water partition coefficient (Wildman–Crippen LogP) is 2.57. The monoisotopic (exact) mass is 292 g/mol.